The second-order valence-corrected chi connectivity index (χ2v) is 4.04. The second kappa shape index (κ2) is 3.59. The summed E-state index contributed by atoms with van der Waals surface area (Å²) in [5.41, 5.74) is 0. The highest BCUT2D eigenvalue weighted by molar-refractivity contribution is 5.80. The van der Waals surface area contributed by atoms with Gasteiger partial charge in [0, 0.05) is 19.0 Å². The van der Waals surface area contributed by atoms with Crippen molar-refractivity contribution in [3.63, 3.8) is 0 Å². The standard InChI is InChI=1S/C10H15NO3/c1-14-10(13)7-2-3-8-4-5-9(12)11(8)6-7/h7-8H,2-6H2,1H3/t7-,8+/m1/s1. The molecule has 4 nitrogen and oxygen atoms in total. The van der Waals surface area contributed by atoms with Gasteiger partial charge in [-0.3, -0.25) is 9.59 Å². The van der Waals surface area contributed by atoms with E-state index in [1.807, 2.05) is 4.90 Å². The number of ether oxygens (including phenoxy) is 1. The number of hydrogen-bond donors (Lipinski definition) is 0. The summed E-state index contributed by atoms with van der Waals surface area (Å²) in [6.07, 6.45) is 3.43. The van der Waals surface area contributed by atoms with Gasteiger partial charge in [-0.05, 0) is 19.3 Å². The molecule has 0 aromatic heterocycles. The number of methoxy groups -OCH3 is 1. The molecule has 2 fully saturated rings. The van der Waals surface area contributed by atoms with Crippen LogP contribution >= 0.6 is 0 Å². The first-order valence-corrected chi connectivity index (χ1v) is 5.09. The van der Waals surface area contributed by atoms with Crippen LogP contribution in [0.5, 0.6) is 0 Å². The van der Waals surface area contributed by atoms with E-state index in [4.69, 9.17) is 4.74 Å². The average Bonchev–Trinajstić information content (AvgIpc) is 2.59. The van der Waals surface area contributed by atoms with E-state index in [1.165, 1.54) is 7.11 Å². The molecule has 0 aliphatic carbocycles. The molecule has 78 valence electrons. The Morgan fingerprint density at radius 1 is 1.43 bits per heavy atom. The third-order valence-corrected chi connectivity index (χ3v) is 3.25. The lowest BCUT2D eigenvalue weighted by atomic mass is 9.93. The lowest BCUT2D eigenvalue weighted by Gasteiger charge is -2.33. The summed E-state index contributed by atoms with van der Waals surface area (Å²) >= 11 is 0. The van der Waals surface area contributed by atoms with Crippen LogP contribution in [0.4, 0.5) is 0 Å². The fourth-order valence-corrected chi connectivity index (χ4v) is 2.43. The van der Waals surface area contributed by atoms with Crippen molar-refractivity contribution in [2.24, 2.45) is 5.92 Å². The number of hydrogen-bond acceptors (Lipinski definition) is 3. The molecule has 14 heavy (non-hydrogen) atoms. The SMILES string of the molecule is COC(=O)[C@@H]1CC[C@H]2CCC(=O)N2C1. The molecule has 0 unspecified atom stereocenters. The molecule has 0 bridgehead atoms. The van der Waals surface area contributed by atoms with Crippen LogP contribution in [-0.4, -0.2) is 36.5 Å². The van der Waals surface area contributed by atoms with Gasteiger partial charge in [-0.1, -0.05) is 0 Å². The lowest BCUT2D eigenvalue weighted by molar-refractivity contribution is -0.149. The highest BCUT2D eigenvalue weighted by atomic mass is 16.5. The van der Waals surface area contributed by atoms with E-state index in [-0.39, 0.29) is 17.8 Å². The zero-order valence-electron chi connectivity index (χ0n) is 8.36. The number of amides is 1. The van der Waals surface area contributed by atoms with Crippen LogP contribution < -0.4 is 0 Å². The molecule has 0 spiro atoms. The van der Waals surface area contributed by atoms with Crippen LogP contribution in [0.15, 0.2) is 0 Å². The van der Waals surface area contributed by atoms with Crippen molar-refractivity contribution in [2.45, 2.75) is 31.7 Å². The monoisotopic (exact) mass is 197 g/mol. The van der Waals surface area contributed by atoms with Crippen LogP contribution in [0, 0.1) is 5.92 Å². The van der Waals surface area contributed by atoms with Crippen LogP contribution in [0.1, 0.15) is 25.7 Å². The van der Waals surface area contributed by atoms with Gasteiger partial charge < -0.3 is 9.64 Å². The van der Waals surface area contributed by atoms with Crippen LogP contribution in [0.25, 0.3) is 0 Å². The second-order valence-electron chi connectivity index (χ2n) is 4.04. The number of nitrogens with zero attached hydrogens (tertiary/aromatic N) is 1. The molecule has 2 aliphatic rings. The molecule has 0 saturated carbocycles. The molecule has 0 aromatic carbocycles. The topological polar surface area (TPSA) is 46.6 Å². The maximum absolute atomic E-state index is 11.4. The zero-order valence-corrected chi connectivity index (χ0v) is 8.36. The minimum absolute atomic E-state index is 0.0988. The van der Waals surface area contributed by atoms with Gasteiger partial charge in [0.05, 0.1) is 13.0 Å². The van der Waals surface area contributed by atoms with Gasteiger partial charge in [-0.25, -0.2) is 0 Å². The quantitative estimate of drug-likeness (QED) is 0.577. The Morgan fingerprint density at radius 2 is 2.21 bits per heavy atom. The van der Waals surface area contributed by atoms with E-state index < -0.39 is 0 Å². The number of fused-ring (bicyclic) bond motifs is 1. The minimum atomic E-state index is -0.178. The van der Waals surface area contributed by atoms with Gasteiger partial charge in [0.15, 0.2) is 0 Å². The maximum Gasteiger partial charge on any atom is 0.310 e. The average molecular weight is 197 g/mol. The summed E-state index contributed by atoms with van der Waals surface area (Å²) in [6, 6.07) is 0.392. The van der Waals surface area contributed by atoms with Crippen molar-refractivity contribution >= 4 is 11.9 Å². The van der Waals surface area contributed by atoms with Crippen molar-refractivity contribution in [3.05, 3.63) is 0 Å². The molecule has 0 N–H and O–H groups in total. The van der Waals surface area contributed by atoms with E-state index in [0.717, 1.165) is 19.3 Å². The molecular weight excluding hydrogens is 182 g/mol. The number of rotatable bonds is 1. The normalized spacial score (nSPS) is 31.5. The fraction of sp³-hybridized carbons (Fsp3) is 0.800. The van der Waals surface area contributed by atoms with Gasteiger partial charge in [-0.2, -0.15) is 0 Å². The first-order valence-electron chi connectivity index (χ1n) is 5.09. The Balaban J connectivity index is 2.01. The van der Waals surface area contributed by atoms with Crippen molar-refractivity contribution in [3.8, 4) is 0 Å². The molecule has 2 heterocycles. The first-order chi connectivity index (χ1) is 6.72. The third-order valence-electron chi connectivity index (χ3n) is 3.25. The number of esters is 1. The summed E-state index contributed by atoms with van der Waals surface area (Å²) in [5.74, 6) is -0.0787. The van der Waals surface area contributed by atoms with E-state index >= 15 is 0 Å². The van der Waals surface area contributed by atoms with Crippen molar-refractivity contribution in [1.29, 1.82) is 0 Å². The zero-order chi connectivity index (χ0) is 10.1. The van der Waals surface area contributed by atoms with Gasteiger partial charge in [0.25, 0.3) is 0 Å². The number of carbonyl (C=O) groups is 2. The van der Waals surface area contributed by atoms with Gasteiger partial charge in [0.1, 0.15) is 0 Å². The Hall–Kier alpha value is -1.06. The van der Waals surface area contributed by atoms with E-state index in [0.29, 0.717) is 19.0 Å². The molecule has 2 rings (SSSR count). The summed E-state index contributed by atoms with van der Waals surface area (Å²) in [6.45, 7) is 0.566. The fourth-order valence-electron chi connectivity index (χ4n) is 2.43. The minimum Gasteiger partial charge on any atom is -0.469 e. The Kier molecular flexibility index (Phi) is 2.44. The molecule has 0 radical (unpaired) electrons. The van der Waals surface area contributed by atoms with E-state index in [2.05, 4.69) is 0 Å². The smallest absolute Gasteiger partial charge is 0.310 e. The highest BCUT2D eigenvalue weighted by Gasteiger charge is 2.38. The molecule has 4 heteroatoms. The van der Waals surface area contributed by atoms with E-state index in [9.17, 15) is 9.59 Å². The van der Waals surface area contributed by atoms with Gasteiger partial charge in [-0.15, -0.1) is 0 Å². The van der Waals surface area contributed by atoms with Crippen molar-refractivity contribution in [1.82, 2.24) is 4.90 Å². The molecular formula is C10H15NO3. The predicted molar refractivity (Wildman–Crippen MR) is 49.5 cm³/mol. The Labute approximate surface area is 83.2 Å². The van der Waals surface area contributed by atoms with Gasteiger partial charge in [0.2, 0.25) is 5.91 Å². The highest BCUT2D eigenvalue weighted by Crippen LogP contribution is 2.30. The number of carbonyl (C=O) groups excluding carboxylic acids is 2. The molecule has 2 saturated heterocycles. The summed E-state index contributed by atoms with van der Waals surface area (Å²) in [5, 5.41) is 0. The molecule has 1 amide bonds. The maximum atomic E-state index is 11.4. The van der Waals surface area contributed by atoms with Crippen LogP contribution in [0.3, 0.4) is 0 Å². The summed E-state index contributed by atoms with van der Waals surface area (Å²) in [4.78, 5) is 24.6. The largest absolute Gasteiger partial charge is 0.469 e. The van der Waals surface area contributed by atoms with Crippen molar-refractivity contribution < 1.29 is 14.3 Å². The molecule has 0 aromatic rings. The Bertz CT molecular complexity index is 264. The number of piperidine rings is 1. The third kappa shape index (κ3) is 1.49. The van der Waals surface area contributed by atoms with Crippen molar-refractivity contribution in [2.75, 3.05) is 13.7 Å². The Morgan fingerprint density at radius 3 is 2.93 bits per heavy atom. The van der Waals surface area contributed by atoms with Gasteiger partial charge >= 0.3 is 5.97 Å². The first kappa shape index (κ1) is 9.49. The lowest BCUT2D eigenvalue weighted by Crippen LogP contribution is -2.44. The van der Waals surface area contributed by atoms with Crippen LogP contribution in [0.2, 0.25) is 0 Å². The summed E-state index contributed by atoms with van der Waals surface area (Å²) in [7, 11) is 1.40. The molecule has 2 aliphatic heterocycles. The molecule has 2 atom stereocenters. The summed E-state index contributed by atoms with van der Waals surface area (Å²) < 4.78 is 4.70. The van der Waals surface area contributed by atoms with Crippen LogP contribution in [-0.2, 0) is 14.3 Å². The van der Waals surface area contributed by atoms with E-state index in [1.54, 1.807) is 0 Å². The predicted octanol–water partition coefficient (Wildman–Crippen LogP) is 0.560.